The number of para-hydroxylation sites is 2. The maximum atomic E-state index is 12.5. The molecule has 0 unspecified atom stereocenters. The average Bonchev–Trinajstić information content (AvgIpc) is 2.65. The number of anilines is 1. The van der Waals surface area contributed by atoms with Gasteiger partial charge in [-0.15, -0.1) is 0 Å². The van der Waals surface area contributed by atoms with Crippen LogP contribution in [0.4, 0.5) is 19.0 Å². The van der Waals surface area contributed by atoms with Gasteiger partial charge in [-0.3, -0.25) is 4.98 Å². The molecule has 3 rings (SSSR count). The quantitative estimate of drug-likeness (QED) is 0.712. The molecule has 0 saturated carbocycles. The van der Waals surface area contributed by atoms with Crippen molar-refractivity contribution in [3.63, 3.8) is 0 Å². The number of hydrogen-bond donors (Lipinski definition) is 1. The molecule has 0 aliphatic carbocycles. The Morgan fingerprint density at radius 1 is 1.07 bits per heavy atom. The molecule has 5 nitrogen and oxygen atoms in total. The van der Waals surface area contributed by atoms with Gasteiger partial charge in [0.25, 0.3) is 0 Å². The predicted octanol–water partition coefficient (Wildman–Crippen LogP) is 3.52. The Balaban J connectivity index is 1.55. The zero-order valence-electron chi connectivity index (χ0n) is 14.5. The second-order valence-electron chi connectivity index (χ2n) is 6.08. The maximum Gasteiger partial charge on any atom is 0.416 e. The molecule has 0 aliphatic heterocycles. The molecule has 1 atom stereocenters. The SMILES string of the molecule is CN(C[C@@H](O)COc1ccc(C(F)(F)F)cc1)c1cnc2ccccc2n1. The summed E-state index contributed by atoms with van der Waals surface area (Å²) in [5.41, 5.74) is 0.781. The van der Waals surface area contributed by atoms with E-state index in [0.29, 0.717) is 5.82 Å². The van der Waals surface area contributed by atoms with Crippen molar-refractivity contribution >= 4 is 16.9 Å². The maximum absolute atomic E-state index is 12.5. The molecule has 1 aromatic heterocycles. The summed E-state index contributed by atoms with van der Waals surface area (Å²) in [4.78, 5) is 10.5. The third kappa shape index (κ3) is 4.85. The Kier molecular flexibility index (Phi) is 5.46. The van der Waals surface area contributed by atoms with E-state index >= 15 is 0 Å². The zero-order chi connectivity index (χ0) is 19.4. The number of nitrogens with zero attached hydrogens (tertiary/aromatic N) is 3. The fourth-order valence-corrected chi connectivity index (χ4v) is 2.53. The smallest absolute Gasteiger partial charge is 0.416 e. The van der Waals surface area contributed by atoms with Crippen LogP contribution in [-0.4, -0.2) is 41.4 Å². The van der Waals surface area contributed by atoms with Crippen LogP contribution in [0.3, 0.4) is 0 Å². The van der Waals surface area contributed by atoms with Crippen molar-refractivity contribution in [2.75, 3.05) is 25.1 Å². The van der Waals surface area contributed by atoms with E-state index in [-0.39, 0.29) is 18.9 Å². The molecule has 0 fully saturated rings. The van der Waals surface area contributed by atoms with E-state index in [2.05, 4.69) is 9.97 Å². The summed E-state index contributed by atoms with van der Waals surface area (Å²) in [6.45, 7) is 0.171. The number of fused-ring (bicyclic) bond motifs is 1. The van der Waals surface area contributed by atoms with Crippen LogP contribution in [0.15, 0.2) is 54.7 Å². The van der Waals surface area contributed by atoms with Crippen molar-refractivity contribution < 1.29 is 23.0 Å². The molecule has 27 heavy (non-hydrogen) atoms. The molecule has 0 aliphatic rings. The summed E-state index contributed by atoms with van der Waals surface area (Å²) in [6, 6.07) is 11.8. The number of halogens is 3. The molecule has 1 heterocycles. The first kappa shape index (κ1) is 18.9. The molecule has 2 aromatic carbocycles. The fraction of sp³-hybridized carbons (Fsp3) is 0.263. The largest absolute Gasteiger partial charge is 0.491 e. The Hall–Kier alpha value is -2.87. The summed E-state index contributed by atoms with van der Waals surface area (Å²) in [7, 11) is 1.76. The van der Waals surface area contributed by atoms with Crippen LogP contribution in [0.1, 0.15) is 5.56 Å². The number of aromatic nitrogens is 2. The van der Waals surface area contributed by atoms with Gasteiger partial charge in [-0.2, -0.15) is 13.2 Å². The highest BCUT2D eigenvalue weighted by atomic mass is 19.4. The number of likely N-dealkylation sites (N-methyl/N-ethyl adjacent to an activating group) is 1. The molecule has 142 valence electrons. The Labute approximate surface area is 154 Å². The minimum absolute atomic E-state index is 0.0588. The lowest BCUT2D eigenvalue weighted by molar-refractivity contribution is -0.137. The van der Waals surface area contributed by atoms with E-state index in [1.54, 1.807) is 18.1 Å². The molecule has 0 saturated heterocycles. The van der Waals surface area contributed by atoms with Crippen LogP contribution in [-0.2, 0) is 6.18 Å². The molecule has 3 aromatic rings. The van der Waals surface area contributed by atoms with E-state index in [0.717, 1.165) is 23.2 Å². The summed E-state index contributed by atoms with van der Waals surface area (Å²) >= 11 is 0. The number of aliphatic hydroxyl groups is 1. The Morgan fingerprint density at radius 3 is 2.41 bits per heavy atom. The van der Waals surface area contributed by atoms with Gasteiger partial charge in [0, 0.05) is 13.6 Å². The van der Waals surface area contributed by atoms with Crippen LogP contribution in [0, 0.1) is 0 Å². The van der Waals surface area contributed by atoms with Crippen molar-refractivity contribution in [2.24, 2.45) is 0 Å². The zero-order valence-corrected chi connectivity index (χ0v) is 14.5. The Bertz CT molecular complexity index is 901. The van der Waals surface area contributed by atoms with Crippen molar-refractivity contribution in [2.45, 2.75) is 12.3 Å². The van der Waals surface area contributed by atoms with Gasteiger partial charge in [-0.1, -0.05) is 12.1 Å². The topological polar surface area (TPSA) is 58.5 Å². The first-order chi connectivity index (χ1) is 12.8. The number of alkyl halides is 3. The third-order valence-corrected chi connectivity index (χ3v) is 3.94. The van der Waals surface area contributed by atoms with E-state index in [1.807, 2.05) is 24.3 Å². The fourth-order valence-electron chi connectivity index (χ4n) is 2.53. The second-order valence-corrected chi connectivity index (χ2v) is 6.08. The van der Waals surface area contributed by atoms with Crippen LogP contribution in [0.5, 0.6) is 5.75 Å². The van der Waals surface area contributed by atoms with Gasteiger partial charge in [-0.25, -0.2) is 4.98 Å². The van der Waals surface area contributed by atoms with Crippen molar-refractivity contribution in [1.82, 2.24) is 9.97 Å². The highest BCUT2D eigenvalue weighted by Crippen LogP contribution is 2.30. The number of benzene rings is 2. The monoisotopic (exact) mass is 377 g/mol. The molecular formula is C19H18F3N3O2. The molecule has 0 bridgehead atoms. The van der Waals surface area contributed by atoms with Crippen LogP contribution >= 0.6 is 0 Å². The highest BCUT2D eigenvalue weighted by molar-refractivity contribution is 5.75. The van der Waals surface area contributed by atoms with Gasteiger partial charge in [-0.05, 0) is 36.4 Å². The molecule has 1 N–H and O–H groups in total. The molecular weight excluding hydrogens is 359 g/mol. The lowest BCUT2D eigenvalue weighted by atomic mass is 10.2. The number of ether oxygens (including phenoxy) is 1. The molecule has 8 heteroatoms. The summed E-state index contributed by atoms with van der Waals surface area (Å²) in [5, 5.41) is 10.1. The van der Waals surface area contributed by atoms with Crippen molar-refractivity contribution in [3.05, 3.63) is 60.3 Å². The number of aliphatic hydroxyl groups excluding tert-OH is 1. The lowest BCUT2D eigenvalue weighted by Crippen LogP contribution is -2.33. The van der Waals surface area contributed by atoms with Crippen molar-refractivity contribution in [3.8, 4) is 5.75 Å². The van der Waals surface area contributed by atoms with E-state index in [4.69, 9.17) is 4.74 Å². The average molecular weight is 377 g/mol. The predicted molar refractivity (Wildman–Crippen MR) is 95.8 cm³/mol. The molecule has 0 radical (unpaired) electrons. The van der Waals surface area contributed by atoms with Gasteiger partial charge in [0.05, 0.1) is 22.8 Å². The van der Waals surface area contributed by atoms with E-state index < -0.39 is 17.8 Å². The second kappa shape index (κ2) is 7.79. The number of rotatable bonds is 6. The Morgan fingerprint density at radius 2 is 1.74 bits per heavy atom. The minimum atomic E-state index is -4.39. The summed E-state index contributed by atoms with van der Waals surface area (Å²) < 4.78 is 43.0. The van der Waals surface area contributed by atoms with Gasteiger partial charge < -0.3 is 14.7 Å². The highest BCUT2D eigenvalue weighted by Gasteiger charge is 2.30. The van der Waals surface area contributed by atoms with Gasteiger partial charge in [0.2, 0.25) is 0 Å². The van der Waals surface area contributed by atoms with E-state index in [9.17, 15) is 18.3 Å². The van der Waals surface area contributed by atoms with Gasteiger partial charge >= 0.3 is 6.18 Å². The van der Waals surface area contributed by atoms with Gasteiger partial charge in [0.1, 0.15) is 24.3 Å². The van der Waals surface area contributed by atoms with Crippen LogP contribution in [0.25, 0.3) is 11.0 Å². The van der Waals surface area contributed by atoms with E-state index in [1.165, 1.54) is 12.1 Å². The first-order valence-electron chi connectivity index (χ1n) is 8.24. The summed E-state index contributed by atoms with van der Waals surface area (Å²) in [6.07, 6.45) is -3.63. The number of hydrogen-bond acceptors (Lipinski definition) is 5. The standard InChI is InChI=1S/C19H18F3N3O2/c1-25(18-10-23-16-4-2-3-5-17(16)24-18)11-14(26)12-27-15-8-6-13(7-9-15)19(20,21)22/h2-10,14,26H,11-12H2,1H3/t14-/m1/s1. The molecule has 0 amide bonds. The van der Waals surface area contributed by atoms with Crippen molar-refractivity contribution in [1.29, 1.82) is 0 Å². The lowest BCUT2D eigenvalue weighted by Gasteiger charge is -2.22. The van der Waals surface area contributed by atoms with Crippen LogP contribution < -0.4 is 9.64 Å². The first-order valence-corrected chi connectivity index (χ1v) is 8.24. The van der Waals surface area contributed by atoms with Gasteiger partial charge in [0.15, 0.2) is 0 Å². The van der Waals surface area contributed by atoms with Crippen LogP contribution in [0.2, 0.25) is 0 Å². The minimum Gasteiger partial charge on any atom is -0.491 e. The molecule has 0 spiro atoms. The third-order valence-electron chi connectivity index (χ3n) is 3.94. The summed E-state index contributed by atoms with van der Waals surface area (Å²) in [5.74, 6) is 0.859. The normalized spacial score (nSPS) is 12.8.